The van der Waals surface area contributed by atoms with Crippen LogP contribution < -0.4 is 15.4 Å². The maximum absolute atomic E-state index is 11.7. The summed E-state index contributed by atoms with van der Waals surface area (Å²) in [4.78, 5) is 17.9. The molecule has 0 saturated carbocycles. The normalized spacial score (nSPS) is 11.1. The van der Waals surface area contributed by atoms with Gasteiger partial charge in [0.05, 0.1) is 20.2 Å². The monoisotopic (exact) mass is 334 g/mol. The van der Waals surface area contributed by atoms with E-state index in [0.29, 0.717) is 12.5 Å². The van der Waals surface area contributed by atoms with Crippen LogP contribution in [0.4, 0.5) is 0 Å². The second-order valence-electron chi connectivity index (χ2n) is 5.79. The summed E-state index contributed by atoms with van der Waals surface area (Å²) in [5, 5.41) is 6.38. The Bertz CT molecular complexity index is 512. The molecule has 0 aliphatic rings. The number of unbranched alkanes of at least 4 members (excludes halogenated alkanes) is 2. The summed E-state index contributed by atoms with van der Waals surface area (Å²) in [5.74, 6) is 1.51. The number of ether oxygens (including phenoxy) is 1. The molecule has 1 amide bonds. The molecule has 24 heavy (non-hydrogen) atoms. The molecule has 0 unspecified atom stereocenters. The summed E-state index contributed by atoms with van der Waals surface area (Å²) in [7, 11) is 5.14. The Morgan fingerprint density at radius 3 is 2.46 bits per heavy atom. The highest BCUT2D eigenvalue weighted by molar-refractivity contribution is 5.86. The summed E-state index contributed by atoms with van der Waals surface area (Å²) < 4.78 is 5.16. The van der Waals surface area contributed by atoms with Crippen molar-refractivity contribution < 1.29 is 9.53 Å². The van der Waals surface area contributed by atoms with Gasteiger partial charge in [-0.05, 0) is 24.1 Å². The van der Waals surface area contributed by atoms with Crippen LogP contribution in [0.2, 0.25) is 0 Å². The highest BCUT2D eigenvalue weighted by Crippen LogP contribution is 2.11. The maximum atomic E-state index is 11.7. The summed E-state index contributed by atoms with van der Waals surface area (Å²) in [6, 6.07) is 7.81. The first-order valence-electron chi connectivity index (χ1n) is 8.42. The molecule has 0 atom stereocenters. The number of benzene rings is 1. The van der Waals surface area contributed by atoms with Crippen LogP contribution >= 0.6 is 0 Å². The van der Waals surface area contributed by atoms with E-state index in [2.05, 4.69) is 22.5 Å². The summed E-state index contributed by atoms with van der Waals surface area (Å²) in [6.07, 6.45) is 3.43. The van der Waals surface area contributed by atoms with Gasteiger partial charge in [-0.2, -0.15) is 0 Å². The van der Waals surface area contributed by atoms with Gasteiger partial charge in [0.2, 0.25) is 5.91 Å². The van der Waals surface area contributed by atoms with Crippen LogP contribution in [0.15, 0.2) is 29.3 Å². The molecule has 1 aromatic carbocycles. The highest BCUT2D eigenvalue weighted by Gasteiger charge is 2.05. The zero-order valence-electron chi connectivity index (χ0n) is 15.3. The van der Waals surface area contributed by atoms with Crippen LogP contribution in [0.5, 0.6) is 5.75 Å². The molecule has 0 aliphatic heterocycles. The van der Waals surface area contributed by atoms with Crippen LogP contribution in [-0.4, -0.2) is 51.1 Å². The number of hydrogen-bond acceptors (Lipinski definition) is 3. The standard InChI is InChI=1S/C18H30N4O2/c1-5-6-7-12-19-18(21-14-17(23)22(2)3)20-13-15-8-10-16(24-4)11-9-15/h8-11H,5-7,12-14H2,1-4H3,(H2,19,20,21). The molecule has 0 radical (unpaired) electrons. The molecule has 6 heteroatoms. The first-order valence-corrected chi connectivity index (χ1v) is 8.42. The average Bonchev–Trinajstić information content (AvgIpc) is 2.60. The van der Waals surface area contributed by atoms with Crippen LogP contribution in [-0.2, 0) is 11.3 Å². The van der Waals surface area contributed by atoms with Gasteiger partial charge in [0.25, 0.3) is 0 Å². The Balaban J connectivity index is 2.61. The Morgan fingerprint density at radius 2 is 1.88 bits per heavy atom. The zero-order chi connectivity index (χ0) is 17.8. The van der Waals surface area contributed by atoms with Gasteiger partial charge >= 0.3 is 0 Å². The van der Waals surface area contributed by atoms with E-state index in [1.807, 2.05) is 24.3 Å². The predicted octanol–water partition coefficient (Wildman–Crippen LogP) is 2.01. The Morgan fingerprint density at radius 1 is 1.17 bits per heavy atom. The molecular formula is C18H30N4O2. The minimum Gasteiger partial charge on any atom is -0.497 e. The molecule has 0 aliphatic carbocycles. The van der Waals surface area contributed by atoms with E-state index in [1.165, 1.54) is 12.8 Å². The number of carbonyl (C=O) groups excluding carboxylic acids is 1. The number of likely N-dealkylation sites (N-methyl/N-ethyl adjacent to an activating group) is 1. The van der Waals surface area contributed by atoms with Gasteiger partial charge < -0.3 is 20.3 Å². The second-order valence-corrected chi connectivity index (χ2v) is 5.79. The molecule has 2 N–H and O–H groups in total. The Labute approximate surface area is 145 Å². The molecule has 0 bridgehead atoms. The zero-order valence-corrected chi connectivity index (χ0v) is 15.3. The largest absolute Gasteiger partial charge is 0.497 e. The molecule has 0 saturated heterocycles. The van der Waals surface area contributed by atoms with Crippen molar-refractivity contribution in [1.82, 2.24) is 15.5 Å². The van der Waals surface area contributed by atoms with E-state index in [4.69, 9.17) is 4.74 Å². The van der Waals surface area contributed by atoms with E-state index >= 15 is 0 Å². The molecule has 0 aromatic heterocycles. The third-order valence-corrected chi connectivity index (χ3v) is 3.56. The predicted molar refractivity (Wildman–Crippen MR) is 98.4 cm³/mol. The van der Waals surface area contributed by atoms with Gasteiger partial charge in [-0.15, -0.1) is 0 Å². The lowest BCUT2D eigenvalue weighted by atomic mass is 10.2. The third-order valence-electron chi connectivity index (χ3n) is 3.56. The SMILES string of the molecule is CCCCCNC(=NCc1ccc(OC)cc1)NCC(=O)N(C)C. The molecule has 0 heterocycles. The van der Waals surface area contributed by atoms with Crippen molar-refractivity contribution in [3.05, 3.63) is 29.8 Å². The number of nitrogens with zero attached hydrogens (tertiary/aromatic N) is 2. The van der Waals surface area contributed by atoms with Crippen LogP contribution in [0, 0.1) is 0 Å². The van der Waals surface area contributed by atoms with Gasteiger partial charge in [-0.25, -0.2) is 4.99 Å². The van der Waals surface area contributed by atoms with Crippen LogP contribution in [0.25, 0.3) is 0 Å². The third kappa shape index (κ3) is 7.85. The summed E-state index contributed by atoms with van der Waals surface area (Å²) in [6.45, 7) is 3.80. The average molecular weight is 334 g/mol. The molecule has 0 spiro atoms. The Hall–Kier alpha value is -2.24. The van der Waals surface area contributed by atoms with E-state index < -0.39 is 0 Å². The number of methoxy groups -OCH3 is 1. The number of aliphatic imine (C=N–C) groups is 1. The topological polar surface area (TPSA) is 66.0 Å². The lowest BCUT2D eigenvalue weighted by Gasteiger charge is -2.15. The Kier molecular flexibility index (Phi) is 9.34. The number of rotatable bonds is 9. The van der Waals surface area contributed by atoms with Crippen LogP contribution in [0.3, 0.4) is 0 Å². The van der Waals surface area contributed by atoms with Crippen molar-refractivity contribution in [2.24, 2.45) is 4.99 Å². The van der Waals surface area contributed by atoms with E-state index in [-0.39, 0.29) is 12.5 Å². The van der Waals surface area contributed by atoms with Crippen molar-refractivity contribution in [3.63, 3.8) is 0 Å². The van der Waals surface area contributed by atoms with Crippen molar-refractivity contribution in [1.29, 1.82) is 0 Å². The smallest absolute Gasteiger partial charge is 0.241 e. The van der Waals surface area contributed by atoms with Crippen LogP contribution in [0.1, 0.15) is 31.7 Å². The lowest BCUT2D eigenvalue weighted by molar-refractivity contribution is -0.127. The van der Waals surface area contributed by atoms with E-state index in [1.54, 1.807) is 26.1 Å². The van der Waals surface area contributed by atoms with Crippen molar-refractivity contribution in [3.8, 4) is 5.75 Å². The van der Waals surface area contributed by atoms with Gasteiger partial charge in [-0.3, -0.25) is 4.79 Å². The fourth-order valence-corrected chi connectivity index (χ4v) is 1.97. The number of nitrogens with one attached hydrogen (secondary N) is 2. The minimum atomic E-state index is 0.0162. The molecule has 1 rings (SSSR count). The molecule has 6 nitrogen and oxygen atoms in total. The number of amides is 1. The van der Waals surface area contributed by atoms with Crippen molar-refractivity contribution in [2.45, 2.75) is 32.7 Å². The maximum Gasteiger partial charge on any atom is 0.241 e. The van der Waals surface area contributed by atoms with Gasteiger partial charge in [0, 0.05) is 20.6 Å². The lowest BCUT2D eigenvalue weighted by Crippen LogP contribution is -2.43. The molecular weight excluding hydrogens is 304 g/mol. The summed E-state index contributed by atoms with van der Waals surface area (Å²) in [5.41, 5.74) is 1.09. The van der Waals surface area contributed by atoms with E-state index in [9.17, 15) is 4.79 Å². The number of hydrogen-bond donors (Lipinski definition) is 2. The van der Waals surface area contributed by atoms with Crippen molar-refractivity contribution >= 4 is 11.9 Å². The molecule has 1 aromatic rings. The van der Waals surface area contributed by atoms with Gasteiger partial charge in [0.15, 0.2) is 5.96 Å². The van der Waals surface area contributed by atoms with Gasteiger partial charge in [-0.1, -0.05) is 31.9 Å². The fraction of sp³-hybridized carbons (Fsp3) is 0.556. The first-order chi connectivity index (χ1) is 11.6. The first kappa shape index (κ1) is 19.8. The number of guanidine groups is 1. The van der Waals surface area contributed by atoms with Crippen molar-refractivity contribution in [2.75, 3.05) is 34.3 Å². The van der Waals surface area contributed by atoms with E-state index in [0.717, 1.165) is 24.3 Å². The summed E-state index contributed by atoms with van der Waals surface area (Å²) >= 11 is 0. The molecule has 0 fully saturated rings. The highest BCUT2D eigenvalue weighted by atomic mass is 16.5. The quantitative estimate of drug-likeness (QED) is 0.412. The van der Waals surface area contributed by atoms with Gasteiger partial charge in [0.1, 0.15) is 5.75 Å². The second kappa shape index (κ2) is 11.3. The fourth-order valence-electron chi connectivity index (χ4n) is 1.97. The molecule has 134 valence electrons. The number of carbonyl (C=O) groups is 1. The minimum absolute atomic E-state index is 0.0162.